The lowest BCUT2D eigenvalue weighted by molar-refractivity contribution is 0.547. The highest BCUT2D eigenvalue weighted by molar-refractivity contribution is 6.87. The minimum Gasteiger partial charge on any atom is -0.453 e. The van der Waals surface area contributed by atoms with E-state index in [0.717, 1.165) is 5.92 Å². The maximum Gasteiger partial charge on any atom is 0.197 e. The molecule has 0 spiro atoms. The average Bonchev–Trinajstić information content (AvgIpc) is 2.68. The molecule has 1 rings (SSSR count). The Balaban J connectivity index is 2.43. The van der Waals surface area contributed by atoms with Gasteiger partial charge in [-0.25, -0.2) is 0 Å². The largest absolute Gasteiger partial charge is 0.453 e. The van der Waals surface area contributed by atoms with Crippen LogP contribution in [0.5, 0.6) is 0 Å². The van der Waals surface area contributed by atoms with E-state index in [1.165, 1.54) is 18.9 Å². The van der Waals surface area contributed by atoms with E-state index in [1.807, 2.05) is 0 Å². The van der Waals surface area contributed by atoms with Crippen molar-refractivity contribution in [3.05, 3.63) is 12.3 Å². The van der Waals surface area contributed by atoms with Crippen LogP contribution in [-0.4, -0.2) is 16.6 Å². The van der Waals surface area contributed by atoms with Crippen LogP contribution in [0.1, 0.15) is 12.8 Å². The summed E-state index contributed by atoms with van der Waals surface area (Å²) in [5.41, 5.74) is 2.05. The third-order valence-corrected chi connectivity index (χ3v) is 9.37. The van der Waals surface area contributed by atoms with Gasteiger partial charge in [-0.15, -0.1) is 6.58 Å². The molecule has 1 saturated carbocycles. The third kappa shape index (κ3) is 4.24. The fourth-order valence-electron chi connectivity index (χ4n) is 1.81. The Kier molecular flexibility index (Phi) is 3.20. The predicted molar refractivity (Wildman–Crippen MR) is 63.8 cm³/mol. The maximum atomic E-state index is 6.28. The summed E-state index contributed by atoms with van der Waals surface area (Å²) < 4.78 is 6.28. The van der Waals surface area contributed by atoms with Gasteiger partial charge in [-0.05, 0) is 38.2 Å². The lowest BCUT2D eigenvalue weighted by atomic mass is 10.5. The summed E-state index contributed by atoms with van der Waals surface area (Å²) in [5.74, 6) is 0.997. The van der Waals surface area contributed by atoms with Crippen LogP contribution in [0.3, 0.4) is 0 Å². The summed E-state index contributed by atoms with van der Waals surface area (Å²) in [4.78, 5) is 0. The first-order chi connectivity index (χ1) is 5.85. The molecule has 0 N–H and O–H groups in total. The van der Waals surface area contributed by atoms with Gasteiger partial charge in [0.2, 0.25) is 0 Å². The molecule has 76 valence electrons. The fourth-order valence-corrected chi connectivity index (χ4v) is 9.97. The highest BCUT2D eigenvalue weighted by Gasteiger charge is 2.36. The lowest BCUT2D eigenvalue weighted by Crippen LogP contribution is -2.43. The Morgan fingerprint density at radius 1 is 1.31 bits per heavy atom. The Hall–Kier alpha value is 0.134. The second-order valence-electron chi connectivity index (χ2n) is 5.32. The molecule has 1 aliphatic rings. The Labute approximate surface area is 84.5 Å². The first-order valence-electron chi connectivity index (χ1n) is 5.18. The number of hydrogen-bond donors (Lipinski definition) is 0. The highest BCUT2D eigenvalue weighted by Crippen LogP contribution is 2.38. The Morgan fingerprint density at radius 2 is 1.85 bits per heavy atom. The standard InChI is InChI=1S/C10H22OSi2/c1-6-12(2,3)11-13(4,5)9-10-7-8-10/h6,10H,1,7-9H2,2-5H3. The molecular formula is C10H22OSi2. The van der Waals surface area contributed by atoms with Gasteiger partial charge in [0, 0.05) is 0 Å². The molecular weight excluding hydrogens is 192 g/mol. The SMILES string of the molecule is C=C[Si](C)(C)O[Si](C)(C)CC1CC1. The van der Waals surface area contributed by atoms with E-state index < -0.39 is 16.6 Å². The topological polar surface area (TPSA) is 9.23 Å². The molecule has 0 amide bonds. The molecule has 0 aliphatic heterocycles. The van der Waals surface area contributed by atoms with Crippen molar-refractivity contribution in [3.8, 4) is 0 Å². The summed E-state index contributed by atoms with van der Waals surface area (Å²) in [6.45, 7) is 13.0. The second-order valence-corrected chi connectivity index (χ2v) is 13.7. The molecule has 1 aliphatic carbocycles. The van der Waals surface area contributed by atoms with Gasteiger partial charge in [-0.2, -0.15) is 0 Å². The summed E-state index contributed by atoms with van der Waals surface area (Å²) in [6, 6.07) is 1.36. The van der Waals surface area contributed by atoms with Gasteiger partial charge in [0.05, 0.1) is 0 Å². The van der Waals surface area contributed by atoms with E-state index in [9.17, 15) is 0 Å². The van der Waals surface area contributed by atoms with Gasteiger partial charge in [0.25, 0.3) is 0 Å². The Bertz CT molecular complexity index is 195. The van der Waals surface area contributed by atoms with Crippen LogP contribution in [0.4, 0.5) is 0 Å². The van der Waals surface area contributed by atoms with Crippen LogP contribution in [0, 0.1) is 5.92 Å². The van der Waals surface area contributed by atoms with Gasteiger partial charge < -0.3 is 4.12 Å². The van der Waals surface area contributed by atoms with Crippen LogP contribution in [0.2, 0.25) is 32.2 Å². The maximum absolute atomic E-state index is 6.28. The Morgan fingerprint density at radius 3 is 2.23 bits per heavy atom. The second kappa shape index (κ2) is 3.71. The molecule has 0 radical (unpaired) electrons. The highest BCUT2D eigenvalue weighted by atomic mass is 28.4. The van der Waals surface area contributed by atoms with E-state index in [2.05, 4.69) is 38.5 Å². The van der Waals surface area contributed by atoms with Gasteiger partial charge in [0.1, 0.15) is 0 Å². The van der Waals surface area contributed by atoms with Crippen LogP contribution in [0.25, 0.3) is 0 Å². The molecule has 0 saturated heterocycles. The van der Waals surface area contributed by atoms with Crippen molar-refractivity contribution in [2.45, 2.75) is 45.1 Å². The molecule has 0 heterocycles. The lowest BCUT2D eigenvalue weighted by Gasteiger charge is -2.31. The fraction of sp³-hybridized carbons (Fsp3) is 0.800. The molecule has 1 fully saturated rings. The molecule has 3 heteroatoms. The monoisotopic (exact) mass is 214 g/mol. The van der Waals surface area contributed by atoms with Gasteiger partial charge in [-0.1, -0.05) is 18.5 Å². The first kappa shape index (κ1) is 11.2. The summed E-state index contributed by atoms with van der Waals surface area (Å²) in [6.07, 6.45) is 2.88. The molecule has 1 nitrogen and oxygen atoms in total. The minimum atomic E-state index is -1.53. The number of hydrogen-bond acceptors (Lipinski definition) is 1. The zero-order chi connectivity index (χ0) is 10.1. The summed E-state index contributed by atoms with van der Waals surface area (Å²) >= 11 is 0. The van der Waals surface area contributed by atoms with Crippen molar-refractivity contribution >= 4 is 16.6 Å². The molecule has 0 aromatic rings. The molecule has 0 aromatic heterocycles. The molecule has 0 bridgehead atoms. The molecule has 0 unspecified atom stereocenters. The average molecular weight is 214 g/mol. The van der Waals surface area contributed by atoms with Crippen molar-refractivity contribution in [1.29, 1.82) is 0 Å². The zero-order valence-electron chi connectivity index (χ0n) is 9.39. The van der Waals surface area contributed by atoms with E-state index in [1.54, 1.807) is 0 Å². The molecule has 0 atom stereocenters. The van der Waals surface area contributed by atoms with Crippen molar-refractivity contribution in [1.82, 2.24) is 0 Å². The molecule has 0 aromatic carbocycles. The minimum absolute atomic E-state index is 0.997. The van der Waals surface area contributed by atoms with Crippen LogP contribution >= 0.6 is 0 Å². The van der Waals surface area contributed by atoms with E-state index in [-0.39, 0.29) is 0 Å². The van der Waals surface area contributed by atoms with Gasteiger partial charge in [0.15, 0.2) is 16.6 Å². The van der Waals surface area contributed by atoms with Crippen LogP contribution in [-0.2, 0) is 4.12 Å². The van der Waals surface area contributed by atoms with Crippen LogP contribution in [0.15, 0.2) is 12.3 Å². The molecule has 13 heavy (non-hydrogen) atoms. The number of rotatable bonds is 5. The van der Waals surface area contributed by atoms with Crippen molar-refractivity contribution in [2.75, 3.05) is 0 Å². The van der Waals surface area contributed by atoms with E-state index in [4.69, 9.17) is 4.12 Å². The van der Waals surface area contributed by atoms with Crippen molar-refractivity contribution in [2.24, 2.45) is 5.92 Å². The summed E-state index contributed by atoms with van der Waals surface area (Å²) in [5, 5.41) is 0. The van der Waals surface area contributed by atoms with Crippen LogP contribution < -0.4 is 0 Å². The van der Waals surface area contributed by atoms with E-state index >= 15 is 0 Å². The first-order valence-corrected chi connectivity index (χ1v) is 11.3. The van der Waals surface area contributed by atoms with Gasteiger partial charge >= 0.3 is 0 Å². The van der Waals surface area contributed by atoms with E-state index in [0.29, 0.717) is 0 Å². The van der Waals surface area contributed by atoms with Gasteiger partial charge in [-0.3, -0.25) is 0 Å². The van der Waals surface area contributed by atoms with Crippen molar-refractivity contribution in [3.63, 3.8) is 0 Å². The van der Waals surface area contributed by atoms with Crippen molar-refractivity contribution < 1.29 is 4.12 Å². The zero-order valence-corrected chi connectivity index (χ0v) is 11.4. The normalized spacial score (nSPS) is 18.8. The third-order valence-electron chi connectivity index (χ3n) is 2.51. The predicted octanol–water partition coefficient (Wildman–Crippen LogP) is 3.55. The quantitative estimate of drug-likeness (QED) is 0.636. The summed E-state index contributed by atoms with van der Waals surface area (Å²) in [7, 11) is -2.90. The smallest absolute Gasteiger partial charge is 0.197 e.